The highest BCUT2D eigenvalue weighted by Gasteiger charge is 2.04. The van der Waals surface area contributed by atoms with E-state index in [2.05, 4.69) is 36.8 Å². The molecular weight excluding hydrogens is 398 g/mol. The third-order valence-corrected chi connectivity index (χ3v) is 3.92. The number of rotatable bonds is 2. The third-order valence-electron chi connectivity index (χ3n) is 2.89. The van der Waals surface area contributed by atoms with Crippen molar-refractivity contribution >= 4 is 54.9 Å². The summed E-state index contributed by atoms with van der Waals surface area (Å²) in [5.41, 5.74) is 1.22. The third kappa shape index (κ3) is 3.31. The Hall–Kier alpha value is -1.72. The van der Waals surface area contributed by atoms with Crippen molar-refractivity contribution in [2.75, 3.05) is 0 Å². The quantitative estimate of drug-likeness (QED) is 0.608. The molecule has 0 saturated carbocycles. The van der Waals surface area contributed by atoms with Crippen LogP contribution in [0.1, 0.15) is 11.5 Å². The molecule has 5 heteroatoms. The Balaban J connectivity index is 1.99. The van der Waals surface area contributed by atoms with E-state index < -0.39 is 5.63 Å². The van der Waals surface area contributed by atoms with Gasteiger partial charge < -0.3 is 4.42 Å². The second-order valence-electron chi connectivity index (χ2n) is 4.39. The van der Waals surface area contributed by atoms with Gasteiger partial charge in [0.2, 0.25) is 5.89 Å². The Morgan fingerprint density at radius 1 is 0.952 bits per heavy atom. The molecule has 21 heavy (non-hydrogen) atoms. The van der Waals surface area contributed by atoms with Crippen LogP contribution < -0.4 is 5.63 Å². The smallest absolute Gasteiger partial charge is 0.347 e. The average molecular weight is 407 g/mol. The first-order valence-corrected chi connectivity index (χ1v) is 7.74. The van der Waals surface area contributed by atoms with Gasteiger partial charge in [-0.2, -0.15) is 0 Å². The van der Waals surface area contributed by atoms with Gasteiger partial charge in [0.15, 0.2) is 0 Å². The first-order valence-electron chi connectivity index (χ1n) is 6.16. The van der Waals surface area contributed by atoms with E-state index in [9.17, 15) is 4.79 Å². The minimum absolute atomic E-state index is 0.290. The van der Waals surface area contributed by atoms with Crippen molar-refractivity contribution in [1.29, 1.82) is 0 Å². The Morgan fingerprint density at radius 3 is 2.43 bits per heavy atom. The van der Waals surface area contributed by atoms with E-state index in [1.54, 1.807) is 18.2 Å². The molecule has 0 aliphatic rings. The van der Waals surface area contributed by atoms with Gasteiger partial charge in [-0.05, 0) is 42.0 Å². The van der Waals surface area contributed by atoms with E-state index >= 15 is 0 Å². The number of fused-ring (bicyclic) bond motifs is 1. The summed E-state index contributed by atoms with van der Waals surface area (Å²) in [5.74, 6) is 0.290. The number of halogens is 2. The fourth-order valence-electron chi connectivity index (χ4n) is 1.87. The second kappa shape index (κ2) is 5.95. The molecule has 0 N–H and O–H groups in total. The van der Waals surface area contributed by atoms with Gasteiger partial charge in [-0.1, -0.05) is 44.0 Å². The minimum Gasteiger partial charge on any atom is -0.404 e. The zero-order valence-corrected chi connectivity index (χ0v) is 13.9. The van der Waals surface area contributed by atoms with Crippen LogP contribution in [-0.2, 0) is 0 Å². The van der Waals surface area contributed by atoms with Crippen molar-refractivity contribution < 1.29 is 4.42 Å². The normalized spacial score (nSPS) is 11.3. The molecule has 0 aliphatic heterocycles. The molecule has 0 bridgehead atoms. The van der Waals surface area contributed by atoms with Crippen molar-refractivity contribution in [3.05, 3.63) is 73.3 Å². The van der Waals surface area contributed by atoms with Crippen molar-refractivity contribution in [2.24, 2.45) is 0 Å². The number of aromatic nitrogens is 1. The summed E-state index contributed by atoms with van der Waals surface area (Å²) < 4.78 is 7.04. The predicted molar refractivity (Wildman–Crippen MR) is 91.0 cm³/mol. The SMILES string of the molecule is O=c1oc(C=Cc2ccc(Br)cc2)nc2ccc(Br)cc12. The lowest BCUT2D eigenvalue weighted by molar-refractivity contribution is 0.490. The summed E-state index contributed by atoms with van der Waals surface area (Å²) in [6.45, 7) is 0. The van der Waals surface area contributed by atoms with Gasteiger partial charge in [0.1, 0.15) is 0 Å². The van der Waals surface area contributed by atoms with E-state index in [0.717, 1.165) is 14.5 Å². The lowest BCUT2D eigenvalue weighted by Crippen LogP contribution is -2.02. The molecule has 0 unspecified atom stereocenters. The van der Waals surface area contributed by atoms with E-state index in [1.807, 2.05) is 36.4 Å². The molecule has 2 aromatic carbocycles. The van der Waals surface area contributed by atoms with Crippen molar-refractivity contribution in [3.8, 4) is 0 Å². The van der Waals surface area contributed by atoms with Crippen molar-refractivity contribution in [1.82, 2.24) is 4.98 Å². The molecule has 3 nitrogen and oxygen atoms in total. The minimum atomic E-state index is -0.392. The lowest BCUT2D eigenvalue weighted by atomic mass is 10.2. The summed E-state index contributed by atoms with van der Waals surface area (Å²) >= 11 is 6.71. The standard InChI is InChI=1S/C16H9Br2NO2/c17-11-4-1-10(2-5-11)3-8-15-19-14-7-6-12(18)9-13(14)16(20)21-15/h1-9H. The summed E-state index contributed by atoms with van der Waals surface area (Å²) in [6.07, 6.45) is 3.54. The monoisotopic (exact) mass is 405 g/mol. The Morgan fingerprint density at radius 2 is 1.67 bits per heavy atom. The van der Waals surface area contributed by atoms with Gasteiger partial charge in [0.25, 0.3) is 0 Å². The summed E-state index contributed by atoms with van der Waals surface area (Å²) in [4.78, 5) is 16.3. The maximum atomic E-state index is 11.9. The first-order chi connectivity index (χ1) is 10.1. The van der Waals surface area contributed by atoms with Crippen molar-refractivity contribution in [2.45, 2.75) is 0 Å². The summed E-state index contributed by atoms with van der Waals surface area (Å²) in [7, 11) is 0. The topological polar surface area (TPSA) is 43.1 Å². The molecule has 0 radical (unpaired) electrons. The zero-order valence-electron chi connectivity index (χ0n) is 10.7. The van der Waals surface area contributed by atoms with Gasteiger partial charge in [0.05, 0.1) is 10.9 Å². The summed E-state index contributed by atoms with van der Waals surface area (Å²) in [6, 6.07) is 13.1. The maximum Gasteiger partial charge on any atom is 0.347 e. The molecule has 1 heterocycles. The largest absolute Gasteiger partial charge is 0.404 e. The number of benzene rings is 2. The van der Waals surface area contributed by atoms with E-state index in [4.69, 9.17) is 4.42 Å². The highest BCUT2D eigenvalue weighted by Crippen LogP contribution is 2.17. The first kappa shape index (κ1) is 14.2. The molecule has 104 valence electrons. The molecule has 0 spiro atoms. The maximum absolute atomic E-state index is 11.9. The fraction of sp³-hybridized carbons (Fsp3) is 0. The van der Waals surface area contributed by atoms with E-state index in [0.29, 0.717) is 10.9 Å². The molecule has 0 aliphatic carbocycles. The number of nitrogens with zero attached hydrogens (tertiary/aromatic N) is 1. The number of hydrogen-bond donors (Lipinski definition) is 0. The zero-order chi connectivity index (χ0) is 14.8. The summed E-state index contributed by atoms with van der Waals surface area (Å²) in [5, 5.41) is 0.463. The lowest BCUT2D eigenvalue weighted by Gasteiger charge is -1.98. The van der Waals surface area contributed by atoms with Crippen LogP contribution in [0.4, 0.5) is 0 Å². The van der Waals surface area contributed by atoms with Crippen LogP contribution >= 0.6 is 31.9 Å². The van der Waals surface area contributed by atoms with E-state index in [1.165, 1.54) is 0 Å². The Kier molecular flexibility index (Phi) is 4.03. The molecule has 0 fully saturated rings. The number of hydrogen-bond acceptors (Lipinski definition) is 3. The predicted octanol–water partition coefficient (Wildman–Crippen LogP) is 4.88. The van der Waals surface area contributed by atoms with Crippen molar-refractivity contribution in [3.63, 3.8) is 0 Å². The molecule has 1 aromatic heterocycles. The van der Waals surface area contributed by atoms with Crippen LogP contribution in [0, 0.1) is 0 Å². The molecule has 0 saturated heterocycles. The highest BCUT2D eigenvalue weighted by atomic mass is 79.9. The second-order valence-corrected chi connectivity index (χ2v) is 6.22. The van der Waals surface area contributed by atoms with Crippen LogP contribution in [0.3, 0.4) is 0 Å². The highest BCUT2D eigenvalue weighted by molar-refractivity contribution is 9.10. The molecule has 3 rings (SSSR count). The Bertz CT molecular complexity index is 883. The van der Waals surface area contributed by atoms with Gasteiger partial charge in [-0.15, -0.1) is 0 Å². The fourth-order valence-corrected chi connectivity index (χ4v) is 2.50. The van der Waals surface area contributed by atoms with Crippen LogP contribution in [-0.4, -0.2) is 4.98 Å². The molecule has 3 aromatic rings. The van der Waals surface area contributed by atoms with Gasteiger partial charge in [-0.25, -0.2) is 9.78 Å². The van der Waals surface area contributed by atoms with Gasteiger partial charge >= 0.3 is 5.63 Å². The Labute approximate surface area is 137 Å². The van der Waals surface area contributed by atoms with Gasteiger partial charge in [0, 0.05) is 15.0 Å². The van der Waals surface area contributed by atoms with Gasteiger partial charge in [-0.3, -0.25) is 0 Å². The van der Waals surface area contributed by atoms with Crippen LogP contribution in [0.5, 0.6) is 0 Å². The van der Waals surface area contributed by atoms with Crippen LogP contribution in [0.25, 0.3) is 23.1 Å². The average Bonchev–Trinajstić information content (AvgIpc) is 2.47. The van der Waals surface area contributed by atoms with E-state index in [-0.39, 0.29) is 5.89 Å². The van der Waals surface area contributed by atoms with Crippen LogP contribution in [0.15, 0.2) is 60.6 Å². The molecule has 0 amide bonds. The van der Waals surface area contributed by atoms with Crippen LogP contribution in [0.2, 0.25) is 0 Å². The molecule has 0 atom stereocenters. The molecular formula is C16H9Br2NO2.